The van der Waals surface area contributed by atoms with E-state index >= 15 is 0 Å². The van der Waals surface area contributed by atoms with E-state index in [1.54, 1.807) is 14.2 Å². The largest absolute Gasteiger partial charge is 0.497 e. The molecule has 0 unspecified atom stereocenters. The van der Waals surface area contributed by atoms with Crippen molar-refractivity contribution in [1.82, 2.24) is 5.32 Å². The number of benzene rings is 3. The molecule has 0 aliphatic rings. The molecule has 0 saturated heterocycles. The van der Waals surface area contributed by atoms with Gasteiger partial charge in [-0.1, -0.05) is 48.5 Å². The molecule has 3 rings (SSSR count). The maximum Gasteiger partial charge on any atom is 0.224 e. The minimum Gasteiger partial charge on any atom is -0.497 e. The molecule has 0 saturated carbocycles. The topological polar surface area (TPSA) is 56.8 Å². The molecular weight excluding hydrogens is 366 g/mol. The zero-order chi connectivity index (χ0) is 20.5. The second-order valence-corrected chi connectivity index (χ2v) is 6.56. The number of ether oxygens (including phenoxy) is 3. The van der Waals surface area contributed by atoms with Crippen molar-refractivity contribution >= 4 is 5.91 Å². The van der Waals surface area contributed by atoms with Gasteiger partial charge in [0.25, 0.3) is 0 Å². The van der Waals surface area contributed by atoms with Crippen LogP contribution in [0.5, 0.6) is 17.2 Å². The number of methoxy groups -OCH3 is 2. The maximum atomic E-state index is 12.2. The number of nitrogens with one attached hydrogen (secondary N) is 1. The molecule has 0 fully saturated rings. The van der Waals surface area contributed by atoms with Crippen LogP contribution in [0, 0.1) is 0 Å². The van der Waals surface area contributed by atoms with E-state index in [0.29, 0.717) is 31.1 Å². The zero-order valence-electron chi connectivity index (χ0n) is 16.7. The van der Waals surface area contributed by atoms with Crippen LogP contribution in [0.4, 0.5) is 0 Å². The van der Waals surface area contributed by atoms with Crippen LogP contribution in [0.25, 0.3) is 0 Å². The Morgan fingerprint density at radius 1 is 0.793 bits per heavy atom. The fourth-order valence-corrected chi connectivity index (χ4v) is 2.87. The Kier molecular flexibility index (Phi) is 7.11. The summed E-state index contributed by atoms with van der Waals surface area (Å²) < 4.78 is 16.4. The molecule has 5 heteroatoms. The predicted molar refractivity (Wildman–Crippen MR) is 112 cm³/mol. The molecule has 3 aromatic carbocycles. The zero-order valence-corrected chi connectivity index (χ0v) is 16.7. The highest BCUT2D eigenvalue weighted by Crippen LogP contribution is 2.28. The van der Waals surface area contributed by atoms with E-state index in [1.165, 1.54) is 0 Å². The monoisotopic (exact) mass is 391 g/mol. The van der Waals surface area contributed by atoms with Crippen molar-refractivity contribution in [2.75, 3.05) is 14.2 Å². The summed E-state index contributed by atoms with van der Waals surface area (Å²) >= 11 is 0. The van der Waals surface area contributed by atoms with E-state index in [-0.39, 0.29) is 5.91 Å². The lowest BCUT2D eigenvalue weighted by atomic mass is 10.1. The van der Waals surface area contributed by atoms with Crippen molar-refractivity contribution in [3.8, 4) is 17.2 Å². The van der Waals surface area contributed by atoms with Crippen molar-refractivity contribution in [3.63, 3.8) is 0 Å². The highest BCUT2D eigenvalue weighted by molar-refractivity contribution is 5.78. The SMILES string of the molecule is COc1ccc(CC(=O)NCc2ccc(OCc3ccccc3)c(OC)c2)cc1. The van der Waals surface area contributed by atoms with Gasteiger partial charge in [-0.25, -0.2) is 0 Å². The van der Waals surface area contributed by atoms with E-state index in [4.69, 9.17) is 14.2 Å². The van der Waals surface area contributed by atoms with Gasteiger partial charge in [0.15, 0.2) is 11.5 Å². The molecular formula is C24H25NO4. The van der Waals surface area contributed by atoms with Crippen LogP contribution in [-0.4, -0.2) is 20.1 Å². The molecule has 0 spiro atoms. The number of amides is 1. The normalized spacial score (nSPS) is 10.3. The van der Waals surface area contributed by atoms with Gasteiger partial charge in [0.1, 0.15) is 12.4 Å². The first-order chi connectivity index (χ1) is 14.2. The number of carbonyl (C=O) groups is 1. The number of hydrogen-bond donors (Lipinski definition) is 1. The third-order valence-electron chi connectivity index (χ3n) is 4.48. The number of carbonyl (C=O) groups excluding carboxylic acids is 1. The summed E-state index contributed by atoms with van der Waals surface area (Å²) in [5, 5.41) is 2.94. The summed E-state index contributed by atoms with van der Waals surface area (Å²) in [6.45, 7) is 0.888. The van der Waals surface area contributed by atoms with E-state index in [2.05, 4.69) is 5.32 Å². The molecule has 0 radical (unpaired) electrons. The van der Waals surface area contributed by atoms with E-state index in [0.717, 1.165) is 22.4 Å². The van der Waals surface area contributed by atoms with E-state index < -0.39 is 0 Å². The molecule has 0 aliphatic carbocycles. The average molecular weight is 391 g/mol. The summed E-state index contributed by atoms with van der Waals surface area (Å²) in [6, 6.07) is 23.1. The first-order valence-electron chi connectivity index (χ1n) is 9.41. The third kappa shape index (κ3) is 6.01. The van der Waals surface area contributed by atoms with Crippen LogP contribution in [0.1, 0.15) is 16.7 Å². The molecule has 3 aromatic rings. The molecule has 0 aliphatic heterocycles. The summed E-state index contributed by atoms with van der Waals surface area (Å²) in [7, 11) is 3.23. The molecule has 0 heterocycles. The highest BCUT2D eigenvalue weighted by Gasteiger charge is 2.08. The summed E-state index contributed by atoms with van der Waals surface area (Å²) in [5.41, 5.74) is 2.96. The molecule has 0 aromatic heterocycles. The summed E-state index contributed by atoms with van der Waals surface area (Å²) in [4.78, 5) is 12.2. The summed E-state index contributed by atoms with van der Waals surface area (Å²) in [6.07, 6.45) is 0.319. The molecule has 150 valence electrons. The molecule has 1 N–H and O–H groups in total. The standard InChI is InChI=1S/C24H25NO4/c1-27-21-11-8-18(9-12-21)15-24(26)25-16-20-10-13-22(23(14-20)28-2)29-17-19-6-4-3-5-7-19/h3-14H,15-17H2,1-2H3,(H,25,26). The second kappa shape index (κ2) is 10.2. The lowest BCUT2D eigenvalue weighted by Gasteiger charge is -2.13. The lowest BCUT2D eigenvalue weighted by molar-refractivity contribution is -0.120. The van der Waals surface area contributed by atoms with Gasteiger partial charge in [0.2, 0.25) is 5.91 Å². The van der Waals surface area contributed by atoms with Crippen LogP contribution in [-0.2, 0) is 24.4 Å². The van der Waals surface area contributed by atoms with Crippen LogP contribution in [0.15, 0.2) is 72.8 Å². The number of hydrogen-bond acceptors (Lipinski definition) is 4. The van der Waals surface area contributed by atoms with Crippen LogP contribution < -0.4 is 19.5 Å². The Morgan fingerprint density at radius 3 is 2.21 bits per heavy atom. The van der Waals surface area contributed by atoms with Gasteiger partial charge in [-0.3, -0.25) is 4.79 Å². The Labute approximate surface area is 171 Å². The minimum atomic E-state index is -0.0430. The predicted octanol–water partition coefficient (Wildman–Crippen LogP) is 4.14. The van der Waals surface area contributed by atoms with Gasteiger partial charge in [-0.2, -0.15) is 0 Å². The fraction of sp³-hybridized carbons (Fsp3) is 0.208. The average Bonchev–Trinajstić information content (AvgIpc) is 2.77. The number of rotatable bonds is 9. The quantitative estimate of drug-likeness (QED) is 0.596. The minimum absolute atomic E-state index is 0.0430. The van der Waals surface area contributed by atoms with Gasteiger partial charge < -0.3 is 19.5 Å². The Bertz CT molecular complexity index is 923. The Morgan fingerprint density at radius 2 is 1.52 bits per heavy atom. The summed E-state index contributed by atoms with van der Waals surface area (Å²) in [5.74, 6) is 2.04. The van der Waals surface area contributed by atoms with E-state index in [1.807, 2.05) is 72.8 Å². The van der Waals surface area contributed by atoms with Gasteiger partial charge in [0, 0.05) is 6.54 Å². The van der Waals surface area contributed by atoms with Crippen LogP contribution in [0.3, 0.4) is 0 Å². The molecule has 5 nitrogen and oxygen atoms in total. The van der Waals surface area contributed by atoms with Gasteiger partial charge in [0.05, 0.1) is 20.6 Å². The lowest BCUT2D eigenvalue weighted by Crippen LogP contribution is -2.24. The van der Waals surface area contributed by atoms with E-state index in [9.17, 15) is 4.79 Å². The third-order valence-corrected chi connectivity index (χ3v) is 4.48. The second-order valence-electron chi connectivity index (χ2n) is 6.56. The van der Waals surface area contributed by atoms with Crippen molar-refractivity contribution < 1.29 is 19.0 Å². The van der Waals surface area contributed by atoms with Crippen molar-refractivity contribution in [3.05, 3.63) is 89.5 Å². The highest BCUT2D eigenvalue weighted by atomic mass is 16.5. The Balaban J connectivity index is 1.54. The molecule has 29 heavy (non-hydrogen) atoms. The first-order valence-corrected chi connectivity index (χ1v) is 9.41. The molecule has 1 amide bonds. The van der Waals surface area contributed by atoms with Crippen molar-refractivity contribution in [2.24, 2.45) is 0 Å². The van der Waals surface area contributed by atoms with Crippen molar-refractivity contribution in [2.45, 2.75) is 19.6 Å². The smallest absolute Gasteiger partial charge is 0.224 e. The van der Waals surface area contributed by atoms with Crippen LogP contribution >= 0.6 is 0 Å². The van der Waals surface area contributed by atoms with Gasteiger partial charge in [-0.15, -0.1) is 0 Å². The molecule has 0 bridgehead atoms. The van der Waals surface area contributed by atoms with Gasteiger partial charge >= 0.3 is 0 Å². The van der Waals surface area contributed by atoms with Crippen LogP contribution in [0.2, 0.25) is 0 Å². The first kappa shape index (κ1) is 20.3. The molecule has 0 atom stereocenters. The Hall–Kier alpha value is -3.47. The van der Waals surface area contributed by atoms with Gasteiger partial charge in [-0.05, 0) is 41.0 Å². The van der Waals surface area contributed by atoms with Crippen molar-refractivity contribution in [1.29, 1.82) is 0 Å². The fourth-order valence-electron chi connectivity index (χ4n) is 2.87. The maximum absolute atomic E-state index is 12.2.